The summed E-state index contributed by atoms with van der Waals surface area (Å²) in [7, 11) is 0. The molecule has 5 nitrogen and oxygen atoms in total. The van der Waals surface area contributed by atoms with Crippen LogP contribution in [0.25, 0.3) is 0 Å². The summed E-state index contributed by atoms with van der Waals surface area (Å²) >= 11 is 0. The summed E-state index contributed by atoms with van der Waals surface area (Å²) in [5.41, 5.74) is 2.27. The van der Waals surface area contributed by atoms with Crippen LogP contribution in [0.15, 0.2) is 48.5 Å². The zero-order valence-corrected chi connectivity index (χ0v) is 13.9. The van der Waals surface area contributed by atoms with Gasteiger partial charge in [0.1, 0.15) is 6.61 Å². The van der Waals surface area contributed by atoms with E-state index in [1.54, 1.807) is 0 Å². The molecular weight excluding hydrogens is 304 g/mol. The molecule has 5 heteroatoms. The number of benzene rings is 2. The Morgan fingerprint density at radius 2 is 1.88 bits per heavy atom. The van der Waals surface area contributed by atoms with Crippen LogP contribution in [0, 0.1) is 6.92 Å². The van der Waals surface area contributed by atoms with E-state index in [4.69, 9.17) is 9.47 Å². The molecule has 2 aromatic carbocycles. The lowest BCUT2D eigenvalue weighted by atomic mass is 10.0. The van der Waals surface area contributed by atoms with Crippen molar-refractivity contribution in [1.29, 1.82) is 0 Å². The zero-order valence-electron chi connectivity index (χ0n) is 13.9. The number of fused-ring (bicyclic) bond motifs is 1. The van der Waals surface area contributed by atoms with Gasteiger partial charge in [-0.25, -0.2) is 4.79 Å². The number of para-hydroxylation sites is 2. The summed E-state index contributed by atoms with van der Waals surface area (Å²) < 4.78 is 11.5. The van der Waals surface area contributed by atoms with E-state index in [0.29, 0.717) is 18.9 Å². The Hall–Kier alpha value is -2.69. The molecule has 1 heterocycles. The molecule has 1 aliphatic heterocycles. The van der Waals surface area contributed by atoms with Crippen molar-refractivity contribution in [3.8, 4) is 11.5 Å². The zero-order chi connectivity index (χ0) is 16.9. The average Bonchev–Trinajstić information content (AvgIpc) is 2.60. The highest BCUT2D eigenvalue weighted by Gasteiger charge is 2.21. The monoisotopic (exact) mass is 326 g/mol. The van der Waals surface area contributed by atoms with Crippen molar-refractivity contribution in [1.82, 2.24) is 10.6 Å². The van der Waals surface area contributed by atoms with Gasteiger partial charge in [0.05, 0.1) is 12.6 Å². The molecule has 2 atom stereocenters. The lowest BCUT2D eigenvalue weighted by Crippen LogP contribution is -2.45. The van der Waals surface area contributed by atoms with Crippen LogP contribution >= 0.6 is 0 Å². The molecule has 0 saturated heterocycles. The Morgan fingerprint density at radius 1 is 1.17 bits per heavy atom. The fraction of sp³-hybridized carbons (Fsp3) is 0.316. The highest BCUT2D eigenvalue weighted by molar-refractivity contribution is 5.74. The van der Waals surface area contributed by atoms with E-state index in [9.17, 15) is 4.79 Å². The van der Waals surface area contributed by atoms with Gasteiger partial charge in [-0.1, -0.05) is 36.4 Å². The molecule has 0 unspecified atom stereocenters. The van der Waals surface area contributed by atoms with E-state index < -0.39 is 0 Å². The highest BCUT2D eigenvalue weighted by Crippen LogP contribution is 2.30. The molecule has 2 N–H and O–H groups in total. The van der Waals surface area contributed by atoms with E-state index in [2.05, 4.69) is 10.6 Å². The molecule has 1 aliphatic rings. The van der Waals surface area contributed by atoms with Crippen LogP contribution in [0.5, 0.6) is 11.5 Å². The van der Waals surface area contributed by atoms with Crippen LogP contribution < -0.4 is 20.1 Å². The predicted octanol–water partition coefficient (Wildman–Crippen LogP) is 3.20. The number of carbonyl (C=O) groups excluding carboxylic acids is 1. The summed E-state index contributed by atoms with van der Waals surface area (Å²) in [6, 6.07) is 15.3. The van der Waals surface area contributed by atoms with Crippen molar-refractivity contribution >= 4 is 6.03 Å². The molecule has 3 rings (SSSR count). The summed E-state index contributed by atoms with van der Waals surface area (Å²) in [6.07, 6.45) is -0.195. The molecule has 0 radical (unpaired) electrons. The Bertz CT molecular complexity index is 717. The van der Waals surface area contributed by atoms with Crippen LogP contribution in [0.4, 0.5) is 4.79 Å². The molecule has 126 valence electrons. The second-order valence-electron chi connectivity index (χ2n) is 5.93. The van der Waals surface area contributed by atoms with Crippen molar-refractivity contribution in [3.05, 3.63) is 59.7 Å². The maximum Gasteiger partial charge on any atom is 0.315 e. The standard InChI is InChI=1S/C19H22N2O3/c1-13-7-3-4-8-16(13)14(2)21-19(22)20-11-15-12-23-17-9-5-6-10-18(17)24-15/h3-10,14-15H,11-12H2,1-2H3,(H2,20,21,22)/t14-,15-/m1/s1. The van der Waals surface area contributed by atoms with Gasteiger partial charge in [-0.3, -0.25) is 0 Å². The molecule has 0 bridgehead atoms. The van der Waals surface area contributed by atoms with Crippen molar-refractivity contribution in [3.63, 3.8) is 0 Å². The van der Waals surface area contributed by atoms with Crippen LogP contribution in [0.1, 0.15) is 24.1 Å². The Balaban J connectivity index is 1.49. The maximum absolute atomic E-state index is 12.1. The first kappa shape index (κ1) is 16.2. The third-order valence-electron chi connectivity index (χ3n) is 4.06. The van der Waals surface area contributed by atoms with E-state index in [1.807, 2.05) is 62.4 Å². The number of ether oxygens (including phenoxy) is 2. The first-order valence-corrected chi connectivity index (χ1v) is 8.12. The highest BCUT2D eigenvalue weighted by atomic mass is 16.6. The summed E-state index contributed by atoms with van der Waals surface area (Å²) in [4.78, 5) is 12.1. The summed E-state index contributed by atoms with van der Waals surface area (Å²) in [6.45, 7) is 4.82. The van der Waals surface area contributed by atoms with Crippen molar-refractivity contribution in [2.24, 2.45) is 0 Å². The van der Waals surface area contributed by atoms with Gasteiger partial charge in [0, 0.05) is 0 Å². The SMILES string of the molecule is Cc1ccccc1[C@@H](C)NC(=O)NC[C@@H]1COc2ccccc2O1. The predicted molar refractivity (Wildman–Crippen MR) is 92.5 cm³/mol. The third-order valence-corrected chi connectivity index (χ3v) is 4.06. The Morgan fingerprint density at radius 3 is 2.67 bits per heavy atom. The quantitative estimate of drug-likeness (QED) is 0.907. The lowest BCUT2D eigenvalue weighted by molar-refractivity contribution is 0.0917. The minimum Gasteiger partial charge on any atom is -0.486 e. The van der Waals surface area contributed by atoms with Crippen LogP contribution in [-0.2, 0) is 0 Å². The minimum absolute atomic E-state index is 0.0598. The summed E-state index contributed by atoms with van der Waals surface area (Å²) in [5, 5.41) is 5.80. The molecule has 0 spiro atoms. The van der Waals surface area contributed by atoms with Crippen molar-refractivity contribution < 1.29 is 14.3 Å². The smallest absolute Gasteiger partial charge is 0.315 e. The van der Waals surface area contributed by atoms with E-state index in [-0.39, 0.29) is 18.2 Å². The average molecular weight is 326 g/mol. The van der Waals surface area contributed by atoms with Gasteiger partial charge in [0.15, 0.2) is 17.6 Å². The Kier molecular flexibility index (Phi) is 4.89. The fourth-order valence-electron chi connectivity index (χ4n) is 2.77. The molecule has 2 amide bonds. The molecule has 0 aromatic heterocycles. The maximum atomic E-state index is 12.1. The van der Waals surface area contributed by atoms with Crippen molar-refractivity contribution in [2.45, 2.75) is 26.0 Å². The van der Waals surface area contributed by atoms with Gasteiger partial charge in [0.25, 0.3) is 0 Å². The first-order chi connectivity index (χ1) is 11.6. The largest absolute Gasteiger partial charge is 0.486 e. The third kappa shape index (κ3) is 3.79. The number of hydrogen-bond acceptors (Lipinski definition) is 3. The van der Waals surface area contributed by atoms with Crippen LogP contribution in [-0.4, -0.2) is 25.3 Å². The van der Waals surface area contributed by atoms with Gasteiger partial charge in [-0.2, -0.15) is 0 Å². The van der Waals surface area contributed by atoms with Gasteiger partial charge in [-0.15, -0.1) is 0 Å². The summed E-state index contributed by atoms with van der Waals surface area (Å²) in [5.74, 6) is 1.45. The molecule has 2 aromatic rings. The molecule has 0 saturated carbocycles. The molecule has 24 heavy (non-hydrogen) atoms. The second kappa shape index (κ2) is 7.25. The molecule has 0 fully saturated rings. The van der Waals surface area contributed by atoms with Crippen molar-refractivity contribution in [2.75, 3.05) is 13.2 Å². The van der Waals surface area contributed by atoms with Gasteiger partial charge in [0.2, 0.25) is 0 Å². The minimum atomic E-state index is -0.215. The van der Waals surface area contributed by atoms with E-state index in [1.165, 1.54) is 0 Å². The Labute approximate surface area is 142 Å². The van der Waals surface area contributed by atoms with Gasteiger partial charge >= 0.3 is 6.03 Å². The number of aryl methyl sites for hydroxylation is 1. The van der Waals surface area contributed by atoms with Crippen LogP contribution in [0.2, 0.25) is 0 Å². The molecule has 0 aliphatic carbocycles. The topological polar surface area (TPSA) is 59.6 Å². The van der Waals surface area contributed by atoms with E-state index in [0.717, 1.165) is 16.9 Å². The van der Waals surface area contributed by atoms with Gasteiger partial charge in [-0.05, 0) is 37.1 Å². The number of rotatable bonds is 4. The van der Waals surface area contributed by atoms with Crippen LogP contribution in [0.3, 0.4) is 0 Å². The number of hydrogen-bond donors (Lipinski definition) is 2. The number of nitrogens with one attached hydrogen (secondary N) is 2. The second-order valence-corrected chi connectivity index (χ2v) is 5.93. The molecular formula is C19H22N2O3. The number of urea groups is 1. The van der Waals surface area contributed by atoms with Gasteiger partial charge < -0.3 is 20.1 Å². The lowest BCUT2D eigenvalue weighted by Gasteiger charge is -2.26. The number of carbonyl (C=O) groups is 1. The number of amides is 2. The fourth-order valence-corrected chi connectivity index (χ4v) is 2.77. The first-order valence-electron chi connectivity index (χ1n) is 8.12. The normalized spacial score (nSPS) is 17.0. The van der Waals surface area contributed by atoms with E-state index >= 15 is 0 Å².